The summed E-state index contributed by atoms with van der Waals surface area (Å²) in [5.74, 6) is -1.30. The first kappa shape index (κ1) is 21.8. The van der Waals surface area contributed by atoms with E-state index >= 15 is 0 Å². The molecule has 0 radical (unpaired) electrons. The molecule has 4 rings (SSSR count). The molecule has 1 heterocycles. The van der Waals surface area contributed by atoms with E-state index < -0.39 is 24.4 Å². The number of hydrogen-bond donors (Lipinski definition) is 2. The number of nitrogens with two attached hydrogens (primary N) is 1. The summed E-state index contributed by atoms with van der Waals surface area (Å²) in [6.45, 7) is -0.455. The number of hydrogen-bond acceptors (Lipinski definition) is 5. The van der Waals surface area contributed by atoms with E-state index in [4.69, 9.17) is 20.0 Å². The molecule has 0 saturated carbocycles. The molecule has 0 aliphatic rings. The van der Waals surface area contributed by atoms with E-state index in [1.165, 1.54) is 0 Å². The van der Waals surface area contributed by atoms with Gasteiger partial charge in [-0.05, 0) is 24.1 Å². The second kappa shape index (κ2) is 9.82. The molecule has 1 unspecified atom stereocenters. The molecule has 0 aliphatic carbocycles. The smallest absolute Gasteiger partial charge is 0.341 e. The third kappa shape index (κ3) is 5.27. The van der Waals surface area contributed by atoms with E-state index in [0.29, 0.717) is 17.2 Å². The number of aliphatic carboxylic acids is 1. The Morgan fingerprint density at radius 3 is 2.24 bits per heavy atom. The molecule has 0 saturated heterocycles. The number of benzene rings is 3. The minimum Gasteiger partial charge on any atom is -0.482 e. The summed E-state index contributed by atoms with van der Waals surface area (Å²) >= 11 is 0. The Hall–Kier alpha value is -4.39. The Morgan fingerprint density at radius 2 is 1.61 bits per heavy atom. The fourth-order valence-electron chi connectivity index (χ4n) is 3.52. The normalized spacial score (nSPS) is 11.6. The first-order valence-corrected chi connectivity index (χ1v) is 10.4. The van der Waals surface area contributed by atoms with Crippen molar-refractivity contribution in [3.63, 3.8) is 0 Å². The summed E-state index contributed by atoms with van der Waals surface area (Å²) in [5.41, 5.74) is 8.80. The molecular weight excluding hydrogens is 420 g/mol. The lowest BCUT2D eigenvalue weighted by molar-refractivity contribution is -0.139. The molecule has 1 atom stereocenters. The van der Waals surface area contributed by atoms with Crippen LogP contribution in [0, 0.1) is 0 Å². The third-order valence-electron chi connectivity index (χ3n) is 5.07. The minimum absolute atomic E-state index is 0.220. The molecule has 0 bridgehead atoms. The van der Waals surface area contributed by atoms with Gasteiger partial charge in [-0.15, -0.1) is 0 Å². The molecule has 33 heavy (non-hydrogen) atoms. The predicted octanol–water partition coefficient (Wildman–Crippen LogP) is 4.28. The average molecular weight is 442 g/mol. The van der Waals surface area contributed by atoms with Gasteiger partial charge >= 0.3 is 5.97 Å². The fourth-order valence-corrected chi connectivity index (χ4v) is 3.52. The summed E-state index contributed by atoms with van der Waals surface area (Å²) in [4.78, 5) is 27.9. The second-order valence-corrected chi connectivity index (χ2v) is 7.45. The largest absolute Gasteiger partial charge is 0.482 e. The number of oxazole rings is 1. The van der Waals surface area contributed by atoms with Crippen molar-refractivity contribution in [3.05, 3.63) is 96.4 Å². The molecule has 4 aromatic rings. The maximum atomic E-state index is 12.4. The number of aromatic nitrogens is 1. The number of carboxylic acids is 1. The van der Waals surface area contributed by atoms with Crippen LogP contribution >= 0.6 is 0 Å². The summed E-state index contributed by atoms with van der Waals surface area (Å²) in [7, 11) is 0. The first-order valence-electron chi connectivity index (χ1n) is 10.4. The summed E-state index contributed by atoms with van der Waals surface area (Å²) in [6.07, 6.45) is 0.225. The van der Waals surface area contributed by atoms with Crippen LogP contribution in [0.15, 0.2) is 89.3 Å². The zero-order valence-electron chi connectivity index (χ0n) is 17.7. The topological polar surface area (TPSA) is 116 Å². The zero-order valence-corrected chi connectivity index (χ0v) is 17.7. The highest BCUT2D eigenvalue weighted by molar-refractivity contribution is 5.83. The van der Waals surface area contributed by atoms with E-state index in [-0.39, 0.29) is 12.3 Å². The summed E-state index contributed by atoms with van der Waals surface area (Å²) in [5, 5.41) is 8.82. The van der Waals surface area contributed by atoms with Crippen LogP contribution in [0.5, 0.6) is 5.75 Å². The fraction of sp³-hybridized carbons (Fsp3) is 0.115. The molecule has 3 aromatic carbocycles. The second-order valence-electron chi connectivity index (χ2n) is 7.45. The van der Waals surface area contributed by atoms with Crippen molar-refractivity contribution in [1.82, 2.24) is 4.98 Å². The van der Waals surface area contributed by atoms with Crippen molar-refractivity contribution in [2.75, 3.05) is 6.61 Å². The first-order chi connectivity index (χ1) is 16.0. The van der Waals surface area contributed by atoms with Gasteiger partial charge in [0.25, 0.3) is 0 Å². The minimum atomic E-state index is -1.07. The van der Waals surface area contributed by atoms with Crippen molar-refractivity contribution >= 4 is 11.9 Å². The van der Waals surface area contributed by atoms with Crippen LogP contribution in [0.2, 0.25) is 0 Å². The highest BCUT2D eigenvalue weighted by atomic mass is 16.5. The molecule has 7 nitrogen and oxygen atoms in total. The van der Waals surface area contributed by atoms with Gasteiger partial charge in [0.05, 0.1) is 0 Å². The number of carbonyl (C=O) groups excluding carboxylic acids is 1. The Bertz CT molecular complexity index is 1200. The van der Waals surface area contributed by atoms with Crippen LogP contribution in [-0.4, -0.2) is 28.6 Å². The molecule has 0 fully saturated rings. The number of primary amides is 1. The van der Waals surface area contributed by atoms with Gasteiger partial charge in [0.15, 0.2) is 12.4 Å². The highest BCUT2D eigenvalue weighted by Gasteiger charge is 2.27. The van der Waals surface area contributed by atoms with Crippen LogP contribution in [0.3, 0.4) is 0 Å². The van der Waals surface area contributed by atoms with E-state index in [9.17, 15) is 9.59 Å². The Kier molecular flexibility index (Phi) is 6.50. The van der Waals surface area contributed by atoms with E-state index in [2.05, 4.69) is 4.98 Å². The molecule has 0 aliphatic heterocycles. The Morgan fingerprint density at radius 1 is 0.939 bits per heavy atom. The number of nitrogens with zero attached hydrogens (tertiary/aromatic N) is 1. The summed E-state index contributed by atoms with van der Waals surface area (Å²) in [6, 6.07) is 26.0. The lowest BCUT2D eigenvalue weighted by Gasteiger charge is -2.11. The average Bonchev–Trinajstić information content (AvgIpc) is 3.27. The molecule has 3 N–H and O–H groups in total. The quantitative estimate of drug-likeness (QED) is 0.400. The number of carboxylic acid groups (broad SMARTS) is 1. The molecule has 1 aromatic heterocycles. The number of ether oxygens (including phenoxy) is 1. The van der Waals surface area contributed by atoms with E-state index in [1.807, 2.05) is 66.7 Å². The lowest BCUT2D eigenvalue weighted by Crippen LogP contribution is -2.23. The van der Waals surface area contributed by atoms with Gasteiger partial charge in [0.1, 0.15) is 17.4 Å². The van der Waals surface area contributed by atoms with E-state index in [0.717, 1.165) is 16.7 Å². The van der Waals surface area contributed by atoms with Crippen LogP contribution in [0.25, 0.3) is 22.6 Å². The standard InChI is InChI=1S/C26H22N2O5/c27-25(31)21(15-17-8-7-13-20(14-17)32-16-22(29)30)26-28-23(18-9-3-1-4-10-18)24(33-26)19-11-5-2-6-12-19/h1-14,21H,15-16H2,(H2,27,31)(H,29,30). The lowest BCUT2D eigenvalue weighted by atomic mass is 9.98. The van der Waals surface area contributed by atoms with Crippen molar-refractivity contribution in [1.29, 1.82) is 0 Å². The van der Waals surface area contributed by atoms with Crippen molar-refractivity contribution in [2.24, 2.45) is 5.73 Å². The van der Waals surface area contributed by atoms with Gasteiger partial charge in [-0.3, -0.25) is 4.79 Å². The maximum absolute atomic E-state index is 12.4. The molecule has 7 heteroatoms. The van der Waals surface area contributed by atoms with Crippen molar-refractivity contribution in [2.45, 2.75) is 12.3 Å². The maximum Gasteiger partial charge on any atom is 0.341 e. The van der Waals surface area contributed by atoms with Gasteiger partial charge in [-0.2, -0.15) is 0 Å². The van der Waals surface area contributed by atoms with Gasteiger partial charge in [-0.1, -0.05) is 72.8 Å². The van der Waals surface area contributed by atoms with Crippen molar-refractivity contribution < 1.29 is 23.8 Å². The monoisotopic (exact) mass is 442 g/mol. The Balaban J connectivity index is 1.70. The van der Waals surface area contributed by atoms with Crippen LogP contribution in [0.1, 0.15) is 17.4 Å². The predicted molar refractivity (Wildman–Crippen MR) is 123 cm³/mol. The number of amides is 1. The van der Waals surface area contributed by atoms with Gasteiger partial charge in [-0.25, -0.2) is 9.78 Å². The number of rotatable bonds is 9. The highest BCUT2D eigenvalue weighted by Crippen LogP contribution is 2.35. The molecular formula is C26H22N2O5. The van der Waals surface area contributed by atoms with Crippen LogP contribution < -0.4 is 10.5 Å². The molecule has 166 valence electrons. The number of carbonyl (C=O) groups is 2. The van der Waals surface area contributed by atoms with Gasteiger partial charge in [0, 0.05) is 11.1 Å². The summed E-state index contributed by atoms with van der Waals surface area (Å²) < 4.78 is 11.4. The van der Waals surface area contributed by atoms with Gasteiger partial charge in [0.2, 0.25) is 11.8 Å². The zero-order chi connectivity index (χ0) is 23.2. The van der Waals surface area contributed by atoms with Crippen LogP contribution in [0.4, 0.5) is 0 Å². The van der Waals surface area contributed by atoms with E-state index in [1.54, 1.807) is 18.2 Å². The van der Waals surface area contributed by atoms with Crippen molar-refractivity contribution in [3.8, 4) is 28.3 Å². The third-order valence-corrected chi connectivity index (χ3v) is 5.07. The molecule has 1 amide bonds. The van der Waals surface area contributed by atoms with Crippen LogP contribution in [-0.2, 0) is 16.0 Å². The Labute approximate surface area is 190 Å². The SMILES string of the molecule is NC(=O)C(Cc1cccc(OCC(=O)O)c1)c1nc(-c2ccccc2)c(-c2ccccc2)o1. The van der Waals surface area contributed by atoms with Gasteiger partial charge < -0.3 is 20.0 Å². The molecule has 0 spiro atoms.